The van der Waals surface area contributed by atoms with Crippen LogP contribution in [0.2, 0.25) is 0 Å². The standard InChI is InChI=1S/C19H26N4O2/c1-13-4-3-5-18(14(13)2)23-8-6-15(7-9-23)22-17(19(24)25)10-16-11-20-12-21-16/h3-5,11-12,15,17,22H,6-10H2,1-2H3,(H,20,21)(H,24,25)/t17-/m0/s1. The van der Waals surface area contributed by atoms with E-state index < -0.39 is 12.0 Å². The van der Waals surface area contributed by atoms with Crippen molar-refractivity contribution in [3.63, 3.8) is 0 Å². The van der Waals surface area contributed by atoms with E-state index in [4.69, 9.17) is 0 Å². The van der Waals surface area contributed by atoms with E-state index in [1.54, 1.807) is 12.5 Å². The molecule has 0 bridgehead atoms. The number of nitrogens with one attached hydrogen (secondary N) is 2. The molecular formula is C19H26N4O2. The Morgan fingerprint density at radius 1 is 1.40 bits per heavy atom. The maximum absolute atomic E-state index is 11.6. The normalized spacial score (nSPS) is 16.8. The highest BCUT2D eigenvalue weighted by atomic mass is 16.4. The van der Waals surface area contributed by atoms with E-state index in [1.807, 2.05) is 0 Å². The smallest absolute Gasteiger partial charge is 0.321 e. The lowest BCUT2D eigenvalue weighted by atomic mass is 10.00. The number of rotatable bonds is 6. The summed E-state index contributed by atoms with van der Waals surface area (Å²) in [4.78, 5) is 20.9. The molecule has 1 fully saturated rings. The number of aromatic nitrogens is 2. The molecule has 0 spiro atoms. The maximum Gasteiger partial charge on any atom is 0.321 e. The third-order valence-corrected chi connectivity index (χ3v) is 5.13. The monoisotopic (exact) mass is 342 g/mol. The molecule has 1 atom stereocenters. The van der Waals surface area contributed by atoms with Crippen molar-refractivity contribution in [2.24, 2.45) is 0 Å². The fraction of sp³-hybridized carbons (Fsp3) is 0.474. The van der Waals surface area contributed by atoms with Crippen LogP contribution in [0, 0.1) is 13.8 Å². The molecule has 1 aliphatic heterocycles. The van der Waals surface area contributed by atoms with Crippen LogP contribution >= 0.6 is 0 Å². The largest absolute Gasteiger partial charge is 0.480 e. The first kappa shape index (κ1) is 17.5. The lowest BCUT2D eigenvalue weighted by molar-refractivity contribution is -0.139. The van der Waals surface area contributed by atoms with Gasteiger partial charge in [-0.25, -0.2) is 4.98 Å². The molecule has 6 nitrogen and oxygen atoms in total. The van der Waals surface area contributed by atoms with Gasteiger partial charge in [-0.2, -0.15) is 0 Å². The van der Waals surface area contributed by atoms with Gasteiger partial charge in [-0.3, -0.25) is 4.79 Å². The van der Waals surface area contributed by atoms with Crippen molar-refractivity contribution in [2.75, 3.05) is 18.0 Å². The molecule has 0 saturated carbocycles. The lowest BCUT2D eigenvalue weighted by Gasteiger charge is -2.36. The van der Waals surface area contributed by atoms with Crippen molar-refractivity contribution in [2.45, 2.75) is 45.2 Å². The minimum absolute atomic E-state index is 0.227. The number of nitrogens with zero attached hydrogens (tertiary/aromatic N) is 2. The van der Waals surface area contributed by atoms with E-state index in [2.05, 4.69) is 52.2 Å². The SMILES string of the molecule is Cc1cccc(N2CCC(N[C@@H](Cc3cnc[nH]3)C(=O)O)CC2)c1C. The molecule has 1 aromatic carbocycles. The van der Waals surface area contributed by atoms with E-state index in [1.165, 1.54) is 16.8 Å². The van der Waals surface area contributed by atoms with Crippen molar-refractivity contribution in [3.8, 4) is 0 Å². The number of anilines is 1. The summed E-state index contributed by atoms with van der Waals surface area (Å²) >= 11 is 0. The second-order valence-electron chi connectivity index (χ2n) is 6.82. The van der Waals surface area contributed by atoms with E-state index in [-0.39, 0.29) is 6.04 Å². The first-order valence-electron chi connectivity index (χ1n) is 8.82. The molecular weight excluding hydrogens is 316 g/mol. The zero-order valence-electron chi connectivity index (χ0n) is 14.8. The Morgan fingerprint density at radius 2 is 2.16 bits per heavy atom. The molecule has 2 aromatic rings. The van der Waals surface area contributed by atoms with Crippen LogP contribution in [0.25, 0.3) is 0 Å². The van der Waals surface area contributed by atoms with Crippen molar-refractivity contribution >= 4 is 11.7 Å². The number of benzene rings is 1. The van der Waals surface area contributed by atoms with Gasteiger partial charge < -0.3 is 20.3 Å². The van der Waals surface area contributed by atoms with Crippen LogP contribution < -0.4 is 10.2 Å². The molecule has 3 rings (SSSR count). The van der Waals surface area contributed by atoms with E-state index in [9.17, 15) is 9.90 Å². The van der Waals surface area contributed by atoms with Crippen LogP contribution in [0.1, 0.15) is 29.7 Å². The first-order valence-corrected chi connectivity index (χ1v) is 8.82. The van der Waals surface area contributed by atoms with Gasteiger partial charge in [0.25, 0.3) is 0 Å². The van der Waals surface area contributed by atoms with Gasteiger partial charge in [0.15, 0.2) is 0 Å². The highest BCUT2D eigenvalue weighted by Gasteiger charge is 2.26. The number of aromatic amines is 1. The Bertz CT molecular complexity index is 706. The van der Waals surface area contributed by atoms with Crippen molar-refractivity contribution in [3.05, 3.63) is 47.5 Å². The molecule has 1 saturated heterocycles. The predicted molar refractivity (Wildman–Crippen MR) is 98.0 cm³/mol. The van der Waals surface area contributed by atoms with E-state index >= 15 is 0 Å². The van der Waals surface area contributed by atoms with Crippen LogP contribution in [0.15, 0.2) is 30.7 Å². The van der Waals surface area contributed by atoms with E-state index in [0.29, 0.717) is 6.42 Å². The second kappa shape index (κ2) is 7.70. The number of carbonyl (C=O) groups is 1. The Labute approximate surface area is 148 Å². The Hall–Kier alpha value is -2.34. The van der Waals surface area contributed by atoms with Crippen LogP contribution in [-0.2, 0) is 11.2 Å². The summed E-state index contributed by atoms with van der Waals surface area (Å²) in [7, 11) is 0. The van der Waals surface area contributed by atoms with Gasteiger partial charge in [0, 0.05) is 43.1 Å². The minimum Gasteiger partial charge on any atom is -0.480 e. The molecule has 2 heterocycles. The average molecular weight is 342 g/mol. The van der Waals surface area contributed by atoms with Crippen molar-refractivity contribution in [1.29, 1.82) is 0 Å². The third-order valence-electron chi connectivity index (χ3n) is 5.13. The molecule has 3 N–H and O–H groups in total. The number of piperidine rings is 1. The summed E-state index contributed by atoms with van der Waals surface area (Å²) in [6.07, 6.45) is 5.57. The van der Waals surface area contributed by atoms with Crippen LogP contribution in [0.5, 0.6) is 0 Å². The fourth-order valence-electron chi connectivity index (χ4n) is 3.48. The van der Waals surface area contributed by atoms with Crippen LogP contribution in [0.3, 0.4) is 0 Å². The summed E-state index contributed by atoms with van der Waals surface area (Å²) in [5, 5.41) is 12.8. The zero-order valence-corrected chi connectivity index (χ0v) is 14.8. The van der Waals surface area contributed by atoms with Gasteiger partial charge in [-0.1, -0.05) is 12.1 Å². The number of aliphatic carboxylic acids is 1. The second-order valence-corrected chi connectivity index (χ2v) is 6.82. The molecule has 1 aromatic heterocycles. The molecule has 0 unspecified atom stereocenters. The minimum atomic E-state index is -0.813. The number of H-pyrrole nitrogens is 1. The summed E-state index contributed by atoms with van der Waals surface area (Å²) in [5.41, 5.74) is 4.78. The van der Waals surface area contributed by atoms with Gasteiger partial charge in [0.2, 0.25) is 0 Å². The van der Waals surface area contributed by atoms with Gasteiger partial charge in [0.1, 0.15) is 6.04 Å². The third kappa shape index (κ3) is 4.20. The van der Waals surface area contributed by atoms with Crippen LogP contribution in [0.4, 0.5) is 5.69 Å². The van der Waals surface area contributed by atoms with Crippen LogP contribution in [-0.4, -0.2) is 46.2 Å². The molecule has 1 aliphatic rings. The predicted octanol–water partition coefficient (Wildman–Crippen LogP) is 2.28. The summed E-state index contributed by atoms with van der Waals surface area (Å²) in [6.45, 7) is 6.19. The maximum atomic E-state index is 11.6. The molecule has 0 amide bonds. The lowest BCUT2D eigenvalue weighted by Crippen LogP contribution is -2.49. The van der Waals surface area contributed by atoms with Gasteiger partial charge >= 0.3 is 5.97 Å². The number of imidazole rings is 1. The Morgan fingerprint density at radius 3 is 2.80 bits per heavy atom. The molecule has 6 heteroatoms. The molecule has 0 aliphatic carbocycles. The van der Waals surface area contributed by atoms with E-state index in [0.717, 1.165) is 31.6 Å². The van der Waals surface area contributed by atoms with Gasteiger partial charge in [-0.15, -0.1) is 0 Å². The highest BCUT2D eigenvalue weighted by molar-refractivity contribution is 5.73. The zero-order chi connectivity index (χ0) is 17.8. The summed E-state index contributed by atoms with van der Waals surface area (Å²) in [6, 6.07) is 6.06. The Kier molecular flexibility index (Phi) is 5.38. The molecule has 25 heavy (non-hydrogen) atoms. The molecule has 134 valence electrons. The number of hydrogen-bond donors (Lipinski definition) is 3. The molecule has 0 radical (unpaired) electrons. The number of hydrogen-bond acceptors (Lipinski definition) is 4. The number of carboxylic acids is 1. The topological polar surface area (TPSA) is 81.2 Å². The summed E-state index contributed by atoms with van der Waals surface area (Å²) in [5.74, 6) is -0.813. The first-order chi connectivity index (χ1) is 12.0. The number of aryl methyl sites for hydroxylation is 1. The van der Waals surface area contributed by atoms with Crippen molar-refractivity contribution in [1.82, 2.24) is 15.3 Å². The van der Waals surface area contributed by atoms with Gasteiger partial charge in [0.05, 0.1) is 6.33 Å². The Balaban J connectivity index is 1.58. The van der Waals surface area contributed by atoms with Gasteiger partial charge in [-0.05, 0) is 43.9 Å². The number of carboxylic acid groups (broad SMARTS) is 1. The highest BCUT2D eigenvalue weighted by Crippen LogP contribution is 2.26. The van der Waals surface area contributed by atoms with Crippen molar-refractivity contribution < 1.29 is 9.90 Å². The summed E-state index contributed by atoms with van der Waals surface area (Å²) < 4.78 is 0. The average Bonchev–Trinajstić information content (AvgIpc) is 3.11. The quantitative estimate of drug-likeness (QED) is 0.750. The fourth-order valence-corrected chi connectivity index (χ4v) is 3.48.